The van der Waals surface area contributed by atoms with E-state index in [2.05, 4.69) is 29.6 Å². The Morgan fingerprint density at radius 3 is 2.26 bits per heavy atom. The molecule has 1 aromatic rings. The van der Waals surface area contributed by atoms with Gasteiger partial charge in [0.1, 0.15) is 0 Å². The number of carbonyl (C=O) groups excluding carboxylic acids is 1. The van der Waals surface area contributed by atoms with Crippen molar-refractivity contribution in [2.45, 2.75) is 38.6 Å². The van der Waals surface area contributed by atoms with E-state index < -0.39 is 5.54 Å². The van der Waals surface area contributed by atoms with E-state index in [0.717, 1.165) is 12.8 Å². The fourth-order valence-electron chi connectivity index (χ4n) is 1.75. The van der Waals surface area contributed by atoms with Crippen LogP contribution in [0, 0.1) is 6.92 Å². The van der Waals surface area contributed by atoms with Crippen LogP contribution < -0.4 is 5.32 Å². The van der Waals surface area contributed by atoms with Gasteiger partial charge in [-0.05, 0) is 25.3 Å². The molecular weight excluding hydrogens is 281 g/mol. The van der Waals surface area contributed by atoms with Crippen molar-refractivity contribution in [1.29, 1.82) is 0 Å². The first-order valence-electron chi connectivity index (χ1n) is 6.53. The average molecular weight is 302 g/mol. The maximum Gasteiger partial charge on any atom is 0.220 e. The monoisotopic (exact) mass is 301 g/mol. The Bertz CT molecular complexity index is 391. The standard InChI is InChI=1S/C15H21Cl2NO/c1-3-15(10-16,11-17)18-14(19)9-8-13-6-4-12(2)5-7-13/h4-7H,3,8-11H2,1-2H3,(H,18,19). The van der Waals surface area contributed by atoms with E-state index in [0.29, 0.717) is 18.2 Å². The molecule has 0 aliphatic rings. The number of carbonyl (C=O) groups is 1. The second-order valence-corrected chi connectivity index (χ2v) is 5.47. The highest BCUT2D eigenvalue weighted by Gasteiger charge is 2.27. The van der Waals surface area contributed by atoms with Crippen LogP contribution >= 0.6 is 23.2 Å². The molecule has 0 aliphatic carbocycles. The maximum absolute atomic E-state index is 11.9. The molecule has 1 aromatic carbocycles. The topological polar surface area (TPSA) is 29.1 Å². The van der Waals surface area contributed by atoms with Gasteiger partial charge in [-0.25, -0.2) is 0 Å². The van der Waals surface area contributed by atoms with Gasteiger partial charge in [-0.2, -0.15) is 0 Å². The molecule has 1 rings (SSSR count). The fourth-order valence-corrected chi connectivity index (χ4v) is 2.55. The summed E-state index contributed by atoms with van der Waals surface area (Å²) in [4.78, 5) is 11.9. The molecule has 0 spiro atoms. The van der Waals surface area contributed by atoms with Crippen molar-refractivity contribution < 1.29 is 4.79 Å². The molecule has 0 fully saturated rings. The molecule has 0 aromatic heterocycles. The first-order chi connectivity index (χ1) is 9.05. The first-order valence-corrected chi connectivity index (χ1v) is 7.60. The number of benzene rings is 1. The number of aryl methyl sites for hydroxylation is 2. The number of hydrogen-bond acceptors (Lipinski definition) is 1. The highest BCUT2D eigenvalue weighted by atomic mass is 35.5. The smallest absolute Gasteiger partial charge is 0.220 e. The van der Waals surface area contributed by atoms with E-state index in [4.69, 9.17) is 23.2 Å². The summed E-state index contributed by atoms with van der Waals surface area (Å²) in [6, 6.07) is 8.22. The van der Waals surface area contributed by atoms with Crippen LogP contribution in [0.2, 0.25) is 0 Å². The van der Waals surface area contributed by atoms with Gasteiger partial charge in [0.25, 0.3) is 0 Å². The van der Waals surface area contributed by atoms with Crippen molar-refractivity contribution in [3.8, 4) is 0 Å². The van der Waals surface area contributed by atoms with Crippen LogP contribution in [0.1, 0.15) is 30.9 Å². The Kier molecular flexibility index (Phi) is 6.67. The first kappa shape index (κ1) is 16.3. The van der Waals surface area contributed by atoms with Crippen molar-refractivity contribution in [1.82, 2.24) is 5.32 Å². The molecule has 0 bridgehead atoms. The van der Waals surface area contributed by atoms with E-state index >= 15 is 0 Å². The summed E-state index contributed by atoms with van der Waals surface area (Å²) in [7, 11) is 0. The summed E-state index contributed by atoms with van der Waals surface area (Å²) >= 11 is 11.8. The molecule has 0 radical (unpaired) electrons. The predicted octanol–water partition coefficient (Wildman–Crippen LogP) is 3.67. The second-order valence-electron chi connectivity index (χ2n) is 4.93. The van der Waals surface area contributed by atoms with E-state index in [1.165, 1.54) is 11.1 Å². The lowest BCUT2D eigenvalue weighted by atomic mass is 10.0. The quantitative estimate of drug-likeness (QED) is 0.765. The van der Waals surface area contributed by atoms with Gasteiger partial charge in [-0.1, -0.05) is 36.8 Å². The van der Waals surface area contributed by atoms with Crippen LogP contribution in [-0.4, -0.2) is 23.2 Å². The lowest BCUT2D eigenvalue weighted by molar-refractivity contribution is -0.122. The third-order valence-corrected chi connectivity index (χ3v) is 4.38. The lowest BCUT2D eigenvalue weighted by Crippen LogP contribution is -2.51. The largest absolute Gasteiger partial charge is 0.348 e. The maximum atomic E-state index is 11.9. The van der Waals surface area contributed by atoms with Crippen LogP contribution in [0.25, 0.3) is 0 Å². The Hall–Kier alpha value is -0.730. The van der Waals surface area contributed by atoms with Gasteiger partial charge < -0.3 is 5.32 Å². The molecule has 0 saturated carbocycles. The molecule has 1 N–H and O–H groups in total. The molecule has 106 valence electrons. The van der Waals surface area contributed by atoms with Gasteiger partial charge in [-0.3, -0.25) is 4.79 Å². The SMILES string of the molecule is CCC(CCl)(CCl)NC(=O)CCc1ccc(C)cc1. The molecular formula is C15H21Cl2NO. The third kappa shape index (κ3) is 5.04. The van der Waals surface area contributed by atoms with Gasteiger partial charge in [0.2, 0.25) is 5.91 Å². The highest BCUT2D eigenvalue weighted by Crippen LogP contribution is 2.15. The zero-order chi connectivity index (χ0) is 14.3. The van der Waals surface area contributed by atoms with E-state index in [-0.39, 0.29) is 5.91 Å². The second kappa shape index (κ2) is 7.76. The molecule has 4 heteroatoms. The van der Waals surface area contributed by atoms with Crippen molar-refractivity contribution in [2.75, 3.05) is 11.8 Å². The Labute approximate surface area is 125 Å². The van der Waals surface area contributed by atoms with Gasteiger partial charge in [0, 0.05) is 18.2 Å². The van der Waals surface area contributed by atoms with Crippen LogP contribution in [-0.2, 0) is 11.2 Å². The number of nitrogens with one attached hydrogen (secondary N) is 1. The van der Waals surface area contributed by atoms with Crippen molar-refractivity contribution in [3.63, 3.8) is 0 Å². The number of amides is 1. The molecule has 1 amide bonds. The minimum atomic E-state index is -0.479. The molecule has 0 heterocycles. The Balaban J connectivity index is 2.49. The van der Waals surface area contributed by atoms with Crippen molar-refractivity contribution in [3.05, 3.63) is 35.4 Å². The van der Waals surface area contributed by atoms with E-state index in [1.54, 1.807) is 0 Å². The number of rotatable bonds is 7. The summed E-state index contributed by atoms with van der Waals surface area (Å²) in [5, 5.41) is 2.96. The zero-order valence-corrected chi connectivity index (χ0v) is 13.0. The van der Waals surface area contributed by atoms with Crippen LogP contribution in [0.3, 0.4) is 0 Å². The van der Waals surface area contributed by atoms with Gasteiger partial charge >= 0.3 is 0 Å². The Morgan fingerprint density at radius 2 is 1.79 bits per heavy atom. The van der Waals surface area contributed by atoms with Crippen molar-refractivity contribution in [2.24, 2.45) is 0 Å². The molecule has 2 nitrogen and oxygen atoms in total. The van der Waals surface area contributed by atoms with Crippen LogP contribution in [0.5, 0.6) is 0 Å². The molecule has 0 unspecified atom stereocenters. The van der Waals surface area contributed by atoms with E-state index in [1.807, 2.05) is 13.8 Å². The van der Waals surface area contributed by atoms with E-state index in [9.17, 15) is 4.79 Å². The molecule has 19 heavy (non-hydrogen) atoms. The summed E-state index contributed by atoms with van der Waals surface area (Å²) in [5.74, 6) is 0.677. The minimum absolute atomic E-state index is 0.00345. The number of hydrogen-bond donors (Lipinski definition) is 1. The van der Waals surface area contributed by atoms with Gasteiger partial charge in [0.15, 0.2) is 0 Å². The zero-order valence-electron chi connectivity index (χ0n) is 11.5. The van der Waals surface area contributed by atoms with Crippen LogP contribution in [0.4, 0.5) is 0 Å². The predicted molar refractivity (Wildman–Crippen MR) is 82.1 cm³/mol. The summed E-state index contributed by atoms with van der Waals surface area (Å²) in [5.41, 5.74) is 1.91. The van der Waals surface area contributed by atoms with Gasteiger partial charge in [-0.15, -0.1) is 23.2 Å². The van der Waals surface area contributed by atoms with Gasteiger partial charge in [0.05, 0.1) is 5.54 Å². The number of alkyl halides is 2. The minimum Gasteiger partial charge on any atom is -0.348 e. The number of halogens is 2. The van der Waals surface area contributed by atoms with Crippen molar-refractivity contribution >= 4 is 29.1 Å². The highest BCUT2D eigenvalue weighted by molar-refractivity contribution is 6.22. The molecule has 0 atom stereocenters. The summed E-state index contributed by atoms with van der Waals surface area (Å²) in [6.07, 6.45) is 1.92. The summed E-state index contributed by atoms with van der Waals surface area (Å²) in [6.45, 7) is 4.03. The Morgan fingerprint density at radius 1 is 1.21 bits per heavy atom. The fraction of sp³-hybridized carbons (Fsp3) is 0.533. The summed E-state index contributed by atoms with van der Waals surface area (Å²) < 4.78 is 0. The normalized spacial score (nSPS) is 11.4. The average Bonchev–Trinajstić information content (AvgIpc) is 2.44. The molecule has 0 saturated heterocycles. The lowest BCUT2D eigenvalue weighted by Gasteiger charge is -2.29. The third-order valence-electron chi connectivity index (χ3n) is 3.35. The molecule has 0 aliphatic heterocycles. The van der Waals surface area contributed by atoms with Crippen LogP contribution in [0.15, 0.2) is 24.3 Å².